The molecule has 1 saturated carbocycles. The Balaban J connectivity index is 1.95. The molecule has 1 saturated heterocycles. The highest BCUT2D eigenvalue weighted by Gasteiger charge is 2.52. The lowest BCUT2D eigenvalue weighted by atomic mass is 9.98. The number of carbonyl (C=O) groups is 2. The third-order valence-electron chi connectivity index (χ3n) is 3.85. The maximum absolute atomic E-state index is 12.4. The summed E-state index contributed by atoms with van der Waals surface area (Å²) in [4.78, 5) is 25.7. The molecule has 19 heavy (non-hydrogen) atoms. The second kappa shape index (κ2) is 5.33. The van der Waals surface area contributed by atoms with Crippen LogP contribution in [0.25, 0.3) is 0 Å². The molecule has 0 aromatic rings. The van der Waals surface area contributed by atoms with Gasteiger partial charge in [0.2, 0.25) is 0 Å². The van der Waals surface area contributed by atoms with Crippen LogP contribution in [-0.2, 0) is 4.79 Å². The van der Waals surface area contributed by atoms with Crippen LogP contribution in [0.5, 0.6) is 0 Å². The molecule has 0 atom stereocenters. The maximum Gasteiger partial charge on any atom is 0.325 e. The predicted molar refractivity (Wildman–Crippen MR) is 73.7 cm³/mol. The molecule has 0 radical (unpaired) electrons. The second-order valence-corrected chi connectivity index (χ2v) is 5.90. The summed E-state index contributed by atoms with van der Waals surface area (Å²) in [5, 5.41) is 6.12. The Morgan fingerprint density at radius 2 is 2.05 bits per heavy atom. The van der Waals surface area contributed by atoms with Gasteiger partial charge in [-0.2, -0.15) is 0 Å². The number of rotatable bonds is 5. The molecule has 1 spiro atoms. The SMILES string of the molecule is C=C(CNC(C)C)CN1C(=O)NC2(CCCC2)C1=O. The standard InChI is InChI=1S/C14H23N3O2/c1-10(2)15-8-11(3)9-17-12(18)14(16-13(17)19)6-4-5-7-14/h10,15H,3-9H2,1-2H3,(H,16,19). The van der Waals surface area contributed by atoms with Crippen LogP contribution in [0.15, 0.2) is 12.2 Å². The molecule has 106 valence electrons. The minimum Gasteiger partial charge on any atom is -0.323 e. The van der Waals surface area contributed by atoms with Gasteiger partial charge in [0.25, 0.3) is 5.91 Å². The normalized spacial score (nSPS) is 21.5. The van der Waals surface area contributed by atoms with Crippen molar-refractivity contribution in [3.8, 4) is 0 Å². The maximum atomic E-state index is 12.4. The van der Waals surface area contributed by atoms with Crippen LogP contribution in [0, 0.1) is 0 Å². The summed E-state index contributed by atoms with van der Waals surface area (Å²) < 4.78 is 0. The van der Waals surface area contributed by atoms with E-state index in [2.05, 4.69) is 31.1 Å². The lowest BCUT2D eigenvalue weighted by Crippen LogP contribution is -2.44. The number of hydrogen-bond acceptors (Lipinski definition) is 3. The van der Waals surface area contributed by atoms with Crippen molar-refractivity contribution in [2.75, 3.05) is 13.1 Å². The summed E-state index contributed by atoms with van der Waals surface area (Å²) in [5.74, 6) is -0.0688. The van der Waals surface area contributed by atoms with E-state index in [1.54, 1.807) is 0 Å². The molecule has 2 N–H and O–H groups in total. The third kappa shape index (κ3) is 2.81. The Hall–Kier alpha value is -1.36. The highest BCUT2D eigenvalue weighted by Crippen LogP contribution is 2.35. The first-order valence-electron chi connectivity index (χ1n) is 6.99. The third-order valence-corrected chi connectivity index (χ3v) is 3.85. The van der Waals surface area contributed by atoms with Gasteiger partial charge in [0.1, 0.15) is 5.54 Å². The fourth-order valence-corrected chi connectivity index (χ4v) is 2.77. The number of hydrogen-bond donors (Lipinski definition) is 2. The first kappa shape index (κ1) is 14.1. The van der Waals surface area contributed by atoms with Crippen LogP contribution in [0.4, 0.5) is 4.79 Å². The fraction of sp³-hybridized carbons (Fsp3) is 0.714. The van der Waals surface area contributed by atoms with Crippen LogP contribution in [-0.4, -0.2) is 41.5 Å². The number of urea groups is 1. The zero-order valence-corrected chi connectivity index (χ0v) is 11.8. The predicted octanol–water partition coefficient (Wildman–Crippen LogP) is 1.41. The topological polar surface area (TPSA) is 61.4 Å². The van der Waals surface area contributed by atoms with Gasteiger partial charge in [0, 0.05) is 12.6 Å². The Kier molecular flexibility index (Phi) is 3.94. The van der Waals surface area contributed by atoms with Gasteiger partial charge in [-0.25, -0.2) is 4.79 Å². The van der Waals surface area contributed by atoms with Gasteiger partial charge < -0.3 is 10.6 Å². The van der Waals surface area contributed by atoms with E-state index in [4.69, 9.17) is 0 Å². The van der Waals surface area contributed by atoms with Crippen LogP contribution >= 0.6 is 0 Å². The largest absolute Gasteiger partial charge is 0.325 e. The van der Waals surface area contributed by atoms with Gasteiger partial charge in [-0.1, -0.05) is 33.3 Å². The molecule has 0 unspecified atom stereocenters. The van der Waals surface area contributed by atoms with Gasteiger partial charge in [-0.3, -0.25) is 9.69 Å². The lowest BCUT2D eigenvalue weighted by Gasteiger charge is -2.20. The molecule has 2 fully saturated rings. The zero-order chi connectivity index (χ0) is 14.0. The van der Waals surface area contributed by atoms with E-state index < -0.39 is 5.54 Å². The quantitative estimate of drug-likeness (QED) is 0.583. The lowest BCUT2D eigenvalue weighted by molar-refractivity contribution is -0.130. The molecular formula is C14H23N3O2. The zero-order valence-electron chi connectivity index (χ0n) is 11.8. The monoisotopic (exact) mass is 265 g/mol. The average Bonchev–Trinajstić information content (AvgIpc) is 2.89. The van der Waals surface area contributed by atoms with Crippen LogP contribution in [0.2, 0.25) is 0 Å². The minimum atomic E-state index is -0.608. The van der Waals surface area contributed by atoms with Gasteiger partial charge in [-0.15, -0.1) is 0 Å². The number of imide groups is 1. The number of carbonyl (C=O) groups excluding carboxylic acids is 2. The summed E-state index contributed by atoms with van der Waals surface area (Å²) >= 11 is 0. The van der Waals surface area contributed by atoms with Crippen molar-refractivity contribution in [2.45, 2.75) is 51.1 Å². The van der Waals surface area contributed by atoms with Crippen LogP contribution < -0.4 is 10.6 Å². The number of amides is 3. The van der Waals surface area contributed by atoms with Crippen molar-refractivity contribution in [3.63, 3.8) is 0 Å². The molecule has 1 heterocycles. The fourth-order valence-electron chi connectivity index (χ4n) is 2.77. The number of nitrogens with one attached hydrogen (secondary N) is 2. The Bertz CT molecular complexity index is 397. The highest BCUT2D eigenvalue weighted by molar-refractivity contribution is 6.07. The van der Waals surface area contributed by atoms with E-state index in [0.717, 1.165) is 31.3 Å². The molecule has 0 aromatic heterocycles. The van der Waals surface area contributed by atoms with Crippen molar-refractivity contribution in [1.82, 2.24) is 15.5 Å². The van der Waals surface area contributed by atoms with E-state index in [-0.39, 0.29) is 11.9 Å². The van der Waals surface area contributed by atoms with Crippen molar-refractivity contribution in [2.24, 2.45) is 0 Å². The summed E-state index contributed by atoms with van der Waals surface area (Å²) in [7, 11) is 0. The minimum absolute atomic E-state index is 0.0688. The molecule has 1 aliphatic heterocycles. The second-order valence-electron chi connectivity index (χ2n) is 5.90. The van der Waals surface area contributed by atoms with Crippen LogP contribution in [0.1, 0.15) is 39.5 Å². The van der Waals surface area contributed by atoms with E-state index in [9.17, 15) is 9.59 Å². The molecule has 1 aliphatic carbocycles. The van der Waals surface area contributed by atoms with Gasteiger partial charge in [-0.05, 0) is 18.4 Å². The van der Waals surface area contributed by atoms with Crippen molar-refractivity contribution in [1.29, 1.82) is 0 Å². The highest BCUT2D eigenvalue weighted by atomic mass is 16.2. The Morgan fingerprint density at radius 3 is 2.63 bits per heavy atom. The number of nitrogens with zero attached hydrogens (tertiary/aromatic N) is 1. The molecule has 0 bridgehead atoms. The molecule has 3 amide bonds. The average molecular weight is 265 g/mol. The van der Waals surface area contributed by atoms with E-state index in [1.165, 1.54) is 4.90 Å². The molecule has 5 heteroatoms. The van der Waals surface area contributed by atoms with Crippen molar-refractivity contribution in [3.05, 3.63) is 12.2 Å². The van der Waals surface area contributed by atoms with Crippen molar-refractivity contribution < 1.29 is 9.59 Å². The van der Waals surface area contributed by atoms with E-state index in [1.807, 2.05) is 0 Å². The van der Waals surface area contributed by atoms with Gasteiger partial charge in [0.05, 0.1) is 6.54 Å². The Labute approximate surface area is 114 Å². The molecule has 0 aromatic carbocycles. The van der Waals surface area contributed by atoms with Crippen LogP contribution in [0.3, 0.4) is 0 Å². The smallest absolute Gasteiger partial charge is 0.323 e. The molecular weight excluding hydrogens is 242 g/mol. The molecule has 2 rings (SSSR count). The van der Waals surface area contributed by atoms with E-state index >= 15 is 0 Å². The van der Waals surface area contributed by atoms with Crippen molar-refractivity contribution >= 4 is 11.9 Å². The first-order valence-corrected chi connectivity index (χ1v) is 6.99. The first-order chi connectivity index (χ1) is 8.94. The van der Waals surface area contributed by atoms with Gasteiger partial charge in [0.15, 0.2) is 0 Å². The van der Waals surface area contributed by atoms with Gasteiger partial charge >= 0.3 is 6.03 Å². The summed E-state index contributed by atoms with van der Waals surface area (Å²) in [6.07, 6.45) is 3.56. The summed E-state index contributed by atoms with van der Waals surface area (Å²) in [6, 6.07) is 0.0960. The summed E-state index contributed by atoms with van der Waals surface area (Å²) in [6.45, 7) is 8.98. The Morgan fingerprint density at radius 1 is 1.42 bits per heavy atom. The molecule has 2 aliphatic rings. The summed E-state index contributed by atoms with van der Waals surface area (Å²) in [5.41, 5.74) is 0.246. The molecule has 5 nitrogen and oxygen atoms in total. The van der Waals surface area contributed by atoms with E-state index in [0.29, 0.717) is 19.1 Å².